The quantitative estimate of drug-likeness (QED) is 0.808. The molecule has 1 fully saturated rings. The highest BCUT2D eigenvalue weighted by molar-refractivity contribution is 7.93. The molecular weight excluding hydrogens is 308 g/mol. The molecule has 120 valence electrons. The lowest BCUT2D eigenvalue weighted by Gasteiger charge is -2.38. The molecule has 2 aromatic rings. The molecule has 0 radical (unpaired) electrons. The lowest BCUT2D eigenvalue weighted by atomic mass is 9.92. The minimum Gasteiger partial charge on any atom is -0.297 e. The van der Waals surface area contributed by atoms with Gasteiger partial charge in [0.05, 0.1) is 11.7 Å². The number of para-hydroxylation sites is 1. The standard InChI is InChI=1S/C18H20N2O2S/c1-19-12-15(13-8-4-3-5-9-13)18-17(19)14-10-6-7-11-16(14)20(2)23(18,21)22/h3-11,15,17-18H,12H2,1-2H3/t15-,17-,18-/m0/s1. The van der Waals surface area contributed by atoms with Gasteiger partial charge in [0, 0.05) is 19.5 Å². The summed E-state index contributed by atoms with van der Waals surface area (Å²) in [5.74, 6) is -0.00740. The first-order valence-corrected chi connectivity index (χ1v) is 9.34. The Labute approximate surface area is 137 Å². The largest absolute Gasteiger partial charge is 0.297 e. The van der Waals surface area contributed by atoms with Crippen LogP contribution in [-0.4, -0.2) is 39.2 Å². The van der Waals surface area contributed by atoms with Gasteiger partial charge in [0.25, 0.3) is 0 Å². The van der Waals surface area contributed by atoms with Gasteiger partial charge in [-0.25, -0.2) is 8.42 Å². The molecule has 4 rings (SSSR count). The van der Waals surface area contributed by atoms with Crippen LogP contribution in [-0.2, 0) is 10.0 Å². The number of benzene rings is 2. The van der Waals surface area contributed by atoms with Crippen molar-refractivity contribution in [1.82, 2.24) is 4.90 Å². The molecule has 2 aromatic carbocycles. The molecule has 23 heavy (non-hydrogen) atoms. The second-order valence-electron chi connectivity index (χ2n) is 6.44. The molecule has 5 heteroatoms. The third kappa shape index (κ3) is 2.03. The average Bonchev–Trinajstić information content (AvgIpc) is 2.92. The van der Waals surface area contributed by atoms with Crippen molar-refractivity contribution in [3.05, 3.63) is 65.7 Å². The van der Waals surface area contributed by atoms with Gasteiger partial charge in [0.1, 0.15) is 5.25 Å². The zero-order valence-electron chi connectivity index (χ0n) is 13.3. The second-order valence-corrected chi connectivity index (χ2v) is 8.56. The van der Waals surface area contributed by atoms with Gasteiger partial charge in [-0.2, -0.15) is 0 Å². The van der Waals surface area contributed by atoms with E-state index in [1.54, 1.807) is 7.05 Å². The monoisotopic (exact) mass is 328 g/mol. The zero-order chi connectivity index (χ0) is 16.2. The lowest BCUT2D eigenvalue weighted by molar-refractivity contribution is 0.315. The summed E-state index contributed by atoms with van der Waals surface area (Å²) < 4.78 is 27.8. The van der Waals surface area contributed by atoms with E-state index < -0.39 is 15.3 Å². The molecule has 2 aliphatic rings. The van der Waals surface area contributed by atoms with E-state index in [1.807, 2.05) is 55.6 Å². The van der Waals surface area contributed by atoms with E-state index in [9.17, 15) is 8.42 Å². The Hall–Kier alpha value is -1.85. The van der Waals surface area contributed by atoms with Gasteiger partial charge in [-0.1, -0.05) is 48.5 Å². The molecule has 0 amide bonds. The summed E-state index contributed by atoms with van der Waals surface area (Å²) in [4.78, 5) is 2.19. The summed E-state index contributed by atoms with van der Waals surface area (Å²) in [5.41, 5.74) is 3.01. The number of hydrogen-bond donors (Lipinski definition) is 0. The van der Waals surface area contributed by atoms with E-state index >= 15 is 0 Å². The maximum atomic E-state index is 13.2. The molecule has 2 aliphatic heterocycles. The van der Waals surface area contributed by atoms with Crippen molar-refractivity contribution in [3.63, 3.8) is 0 Å². The Balaban J connectivity index is 1.91. The van der Waals surface area contributed by atoms with Gasteiger partial charge in [-0.05, 0) is 24.2 Å². The van der Waals surface area contributed by atoms with Gasteiger partial charge >= 0.3 is 0 Å². The lowest BCUT2D eigenvalue weighted by Crippen LogP contribution is -2.45. The van der Waals surface area contributed by atoms with Crippen molar-refractivity contribution in [1.29, 1.82) is 0 Å². The smallest absolute Gasteiger partial charge is 0.240 e. The van der Waals surface area contributed by atoms with Crippen molar-refractivity contribution in [2.75, 3.05) is 24.9 Å². The topological polar surface area (TPSA) is 40.6 Å². The molecule has 0 bridgehead atoms. The molecule has 0 unspecified atom stereocenters. The number of sulfonamides is 1. The Kier molecular flexibility index (Phi) is 3.25. The number of anilines is 1. The molecule has 0 aliphatic carbocycles. The Morgan fingerprint density at radius 3 is 2.35 bits per heavy atom. The fraction of sp³-hybridized carbons (Fsp3) is 0.333. The van der Waals surface area contributed by atoms with E-state index in [4.69, 9.17) is 0 Å². The minimum absolute atomic E-state index is 0.00740. The number of hydrogen-bond acceptors (Lipinski definition) is 3. The third-order valence-electron chi connectivity index (χ3n) is 5.22. The summed E-state index contributed by atoms with van der Waals surface area (Å²) in [6.45, 7) is 0.751. The Morgan fingerprint density at radius 1 is 0.957 bits per heavy atom. The van der Waals surface area contributed by atoms with Crippen LogP contribution < -0.4 is 4.31 Å². The molecule has 1 saturated heterocycles. The molecular formula is C18H20N2O2S. The number of likely N-dealkylation sites (tertiary alicyclic amines) is 1. The fourth-order valence-electron chi connectivity index (χ4n) is 4.12. The molecule has 4 nitrogen and oxygen atoms in total. The van der Waals surface area contributed by atoms with Crippen molar-refractivity contribution >= 4 is 15.7 Å². The maximum Gasteiger partial charge on any atom is 0.240 e. The summed E-state index contributed by atoms with van der Waals surface area (Å²) in [6, 6.07) is 17.8. The van der Waals surface area contributed by atoms with Gasteiger partial charge in [0.15, 0.2) is 0 Å². The van der Waals surface area contributed by atoms with Crippen molar-refractivity contribution in [2.45, 2.75) is 17.2 Å². The van der Waals surface area contributed by atoms with Crippen LogP contribution in [0.3, 0.4) is 0 Å². The minimum atomic E-state index is -3.39. The molecule has 0 saturated carbocycles. The first-order chi connectivity index (χ1) is 11.0. The SMILES string of the molecule is CN1C[C@@H](c2ccccc2)[C@H]2[C@@H]1c1ccccc1N(C)S2(=O)=O. The first-order valence-electron chi connectivity index (χ1n) is 7.83. The zero-order valence-corrected chi connectivity index (χ0v) is 14.1. The van der Waals surface area contributed by atoms with E-state index in [1.165, 1.54) is 4.31 Å². The summed E-state index contributed by atoms with van der Waals surface area (Å²) >= 11 is 0. The molecule has 0 N–H and O–H groups in total. The molecule has 0 aromatic heterocycles. The van der Waals surface area contributed by atoms with Crippen LogP contribution in [0.15, 0.2) is 54.6 Å². The number of likely N-dealkylation sites (N-methyl/N-ethyl adjacent to an activating group) is 1. The summed E-state index contributed by atoms with van der Waals surface area (Å²) in [5, 5.41) is -0.435. The summed E-state index contributed by atoms with van der Waals surface area (Å²) in [7, 11) is 0.306. The van der Waals surface area contributed by atoms with Gasteiger partial charge in [-0.3, -0.25) is 9.21 Å². The van der Waals surface area contributed by atoms with E-state index in [2.05, 4.69) is 11.0 Å². The van der Waals surface area contributed by atoms with E-state index in [0.29, 0.717) is 0 Å². The predicted molar refractivity (Wildman–Crippen MR) is 92.1 cm³/mol. The van der Waals surface area contributed by atoms with Gasteiger partial charge in [0.2, 0.25) is 10.0 Å². The maximum absolute atomic E-state index is 13.2. The Bertz CT molecular complexity index is 835. The van der Waals surface area contributed by atoms with Crippen LogP contribution in [0, 0.1) is 0 Å². The second kappa shape index (κ2) is 5.08. The molecule has 3 atom stereocenters. The van der Waals surface area contributed by atoms with Gasteiger partial charge in [-0.15, -0.1) is 0 Å². The molecule has 0 spiro atoms. The van der Waals surface area contributed by atoms with Crippen LogP contribution in [0.5, 0.6) is 0 Å². The average molecular weight is 328 g/mol. The fourth-order valence-corrected chi connectivity index (χ4v) is 6.27. The van der Waals surface area contributed by atoms with Crippen LogP contribution in [0.2, 0.25) is 0 Å². The van der Waals surface area contributed by atoms with E-state index in [-0.39, 0.29) is 12.0 Å². The highest BCUT2D eigenvalue weighted by Gasteiger charge is 2.53. The number of rotatable bonds is 1. The van der Waals surface area contributed by atoms with Crippen molar-refractivity contribution in [2.24, 2.45) is 0 Å². The van der Waals surface area contributed by atoms with Crippen LogP contribution >= 0.6 is 0 Å². The van der Waals surface area contributed by atoms with E-state index in [0.717, 1.165) is 23.4 Å². The molecule has 2 heterocycles. The van der Waals surface area contributed by atoms with Crippen LogP contribution in [0.25, 0.3) is 0 Å². The highest BCUT2D eigenvalue weighted by Crippen LogP contribution is 2.50. The highest BCUT2D eigenvalue weighted by atomic mass is 32.2. The third-order valence-corrected chi connectivity index (χ3v) is 7.45. The summed E-state index contributed by atoms with van der Waals surface area (Å²) in [6.07, 6.45) is 0. The Morgan fingerprint density at radius 2 is 1.61 bits per heavy atom. The van der Waals surface area contributed by atoms with Crippen LogP contribution in [0.4, 0.5) is 5.69 Å². The number of fused-ring (bicyclic) bond motifs is 3. The van der Waals surface area contributed by atoms with Crippen LogP contribution in [0.1, 0.15) is 23.1 Å². The first kappa shape index (κ1) is 14.7. The van der Waals surface area contributed by atoms with Crippen molar-refractivity contribution in [3.8, 4) is 0 Å². The number of nitrogens with zero attached hydrogens (tertiary/aromatic N) is 2. The normalized spacial score (nSPS) is 29.1. The van der Waals surface area contributed by atoms with Crippen molar-refractivity contribution < 1.29 is 8.42 Å². The predicted octanol–water partition coefficient (Wildman–Crippen LogP) is 2.61. The van der Waals surface area contributed by atoms with Gasteiger partial charge < -0.3 is 0 Å².